The van der Waals surface area contributed by atoms with E-state index in [4.69, 9.17) is 14.9 Å². The van der Waals surface area contributed by atoms with Crippen molar-refractivity contribution in [2.75, 3.05) is 0 Å². The molecule has 2 rings (SSSR count). The summed E-state index contributed by atoms with van der Waals surface area (Å²) in [7, 11) is 0. The lowest BCUT2D eigenvalue weighted by atomic mass is 10.2. The van der Waals surface area contributed by atoms with E-state index in [-0.39, 0.29) is 12.4 Å². The highest BCUT2D eigenvalue weighted by atomic mass is 35.5. The maximum absolute atomic E-state index is 5.49. The number of aryl methyl sites for hydroxylation is 1. The van der Waals surface area contributed by atoms with Gasteiger partial charge in [-0.3, -0.25) is 0 Å². The van der Waals surface area contributed by atoms with Crippen molar-refractivity contribution in [3.63, 3.8) is 0 Å². The minimum Gasteiger partial charge on any atom is -0.429 e. The lowest BCUT2D eigenvalue weighted by molar-refractivity contribution is 0.333. The number of hydrogen-bond donors (Lipinski definition) is 1. The maximum atomic E-state index is 5.49. The third-order valence-corrected chi connectivity index (χ3v) is 2.08. The number of ether oxygens (including phenoxy) is 1. The SMILES string of the molecule is Cc1ccc(Oc2ccc(CN)o2)cc1.Cl. The van der Waals surface area contributed by atoms with Crippen LogP contribution in [0.5, 0.6) is 11.7 Å². The van der Waals surface area contributed by atoms with Crippen molar-refractivity contribution in [3.8, 4) is 11.7 Å². The van der Waals surface area contributed by atoms with Crippen LogP contribution in [0.2, 0.25) is 0 Å². The lowest BCUT2D eigenvalue weighted by Gasteiger charge is -2.01. The second kappa shape index (κ2) is 5.58. The predicted molar refractivity (Wildman–Crippen MR) is 65.1 cm³/mol. The fourth-order valence-electron chi connectivity index (χ4n) is 1.25. The highest BCUT2D eigenvalue weighted by Crippen LogP contribution is 2.23. The molecule has 2 N–H and O–H groups in total. The summed E-state index contributed by atoms with van der Waals surface area (Å²) in [6, 6.07) is 11.4. The Hall–Kier alpha value is -1.45. The van der Waals surface area contributed by atoms with Crippen LogP contribution in [0.15, 0.2) is 40.8 Å². The zero-order valence-electron chi connectivity index (χ0n) is 8.97. The van der Waals surface area contributed by atoms with E-state index in [2.05, 4.69) is 0 Å². The van der Waals surface area contributed by atoms with Crippen LogP contribution in [0.1, 0.15) is 11.3 Å². The summed E-state index contributed by atoms with van der Waals surface area (Å²) in [6.07, 6.45) is 0. The fourth-order valence-corrected chi connectivity index (χ4v) is 1.25. The van der Waals surface area contributed by atoms with Crippen molar-refractivity contribution in [2.24, 2.45) is 5.73 Å². The minimum atomic E-state index is 0. The number of halogens is 1. The maximum Gasteiger partial charge on any atom is 0.290 e. The molecule has 0 atom stereocenters. The first-order chi connectivity index (χ1) is 7.28. The minimum absolute atomic E-state index is 0. The van der Waals surface area contributed by atoms with Gasteiger partial charge in [-0.2, -0.15) is 0 Å². The van der Waals surface area contributed by atoms with Gasteiger partial charge in [-0.25, -0.2) is 0 Å². The Morgan fingerprint density at radius 1 is 1.12 bits per heavy atom. The van der Waals surface area contributed by atoms with Crippen LogP contribution in [-0.4, -0.2) is 0 Å². The number of nitrogens with two attached hydrogens (primary N) is 1. The van der Waals surface area contributed by atoms with E-state index in [1.54, 1.807) is 6.07 Å². The molecule has 0 fully saturated rings. The second-order valence-electron chi connectivity index (χ2n) is 3.34. The van der Waals surface area contributed by atoms with Crippen LogP contribution < -0.4 is 10.5 Å². The molecule has 0 aliphatic rings. The van der Waals surface area contributed by atoms with E-state index < -0.39 is 0 Å². The third-order valence-electron chi connectivity index (χ3n) is 2.08. The van der Waals surface area contributed by atoms with E-state index in [1.807, 2.05) is 37.3 Å². The summed E-state index contributed by atoms with van der Waals surface area (Å²) >= 11 is 0. The van der Waals surface area contributed by atoms with E-state index in [9.17, 15) is 0 Å². The van der Waals surface area contributed by atoms with Gasteiger partial charge in [-0.05, 0) is 25.1 Å². The van der Waals surface area contributed by atoms with Gasteiger partial charge < -0.3 is 14.9 Å². The molecule has 16 heavy (non-hydrogen) atoms. The normalized spacial score (nSPS) is 9.62. The summed E-state index contributed by atoms with van der Waals surface area (Å²) in [5.74, 6) is 1.95. The molecule has 1 aromatic carbocycles. The molecular formula is C12H14ClNO2. The second-order valence-corrected chi connectivity index (χ2v) is 3.34. The standard InChI is InChI=1S/C12H13NO2.ClH/c1-9-2-4-10(5-3-9)14-12-7-6-11(8-13)15-12;/h2-7H,8,13H2,1H3;1H. The van der Waals surface area contributed by atoms with Crippen LogP contribution in [-0.2, 0) is 6.54 Å². The topological polar surface area (TPSA) is 48.4 Å². The Morgan fingerprint density at radius 2 is 1.81 bits per heavy atom. The molecule has 0 aliphatic carbocycles. The van der Waals surface area contributed by atoms with Crippen molar-refractivity contribution in [1.82, 2.24) is 0 Å². The van der Waals surface area contributed by atoms with Crippen molar-refractivity contribution in [3.05, 3.63) is 47.7 Å². The molecule has 0 saturated carbocycles. The zero-order valence-corrected chi connectivity index (χ0v) is 9.79. The van der Waals surface area contributed by atoms with E-state index in [0.717, 1.165) is 11.5 Å². The van der Waals surface area contributed by atoms with E-state index >= 15 is 0 Å². The van der Waals surface area contributed by atoms with Gasteiger partial charge in [0, 0.05) is 6.07 Å². The van der Waals surface area contributed by atoms with E-state index in [0.29, 0.717) is 12.5 Å². The molecule has 4 heteroatoms. The third kappa shape index (κ3) is 3.02. The van der Waals surface area contributed by atoms with E-state index in [1.165, 1.54) is 5.56 Å². The fraction of sp³-hybridized carbons (Fsp3) is 0.167. The van der Waals surface area contributed by atoms with Gasteiger partial charge in [-0.1, -0.05) is 17.7 Å². The van der Waals surface area contributed by atoms with Gasteiger partial charge in [0.15, 0.2) is 0 Å². The molecule has 3 nitrogen and oxygen atoms in total. The highest BCUT2D eigenvalue weighted by Gasteiger charge is 2.02. The van der Waals surface area contributed by atoms with Gasteiger partial charge in [0.25, 0.3) is 5.95 Å². The first-order valence-electron chi connectivity index (χ1n) is 4.81. The van der Waals surface area contributed by atoms with Crippen LogP contribution in [0.4, 0.5) is 0 Å². The first kappa shape index (κ1) is 12.6. The number of hydrogen-bond acceptors (Lipinski definition) is 3. The van der Waals surface area contributed by atoms with Gasteiger partial charge in [-0.15, -0.1) is 12.4 Å². The summed E-state index contributed by atoms with van der Waals surface area (Å²) in [4.78, 5) is 0. The predicted octanol–water partition coefficient (Wildman–Crippen LogP) is 3.26. The van der Waals surface area contributed by atoms with Crippen molar-refractivity contribution in [1.29, 1.82) is 0 Å². The number of furan rings is 1. The number of benzene rings is 1. The van der Waals surface area contributed by atoms with Gasteiger partial charge >= 0.3 is 0 Å². The summed E-state index contributed by atoms with van der Waals surface area (Å²) in [5.41, 5.74) is 6.63. The van der Waals surface area contributed by atoms with Crippen molar-refractivity contribution < 1.29 is 9.15 Å². The molecule has 0 bridgehead atoms. The molecule has 0 unspecified atom stereocenters. The summed E-state index contributed by atoms with van der Waals surface area (Å²) < 4.78 is 10.8. The Bertz CT molecular complexity index is 437. The average molecular weight is 240 g/mol. The molecule has 0 aliphatic heterocycles. The smallest absolute Gasteiger partial charge is 0.290 e. The lowest BCUT2D eigenvalue weighted by Crippen LogP contribution is -1.92. The summed E-state index contributed by atoms with van der Waals surface area (Å²) in [5, 5.41) is 0. The van der Waals surface area contributed by atoms with Crippen LogP contribution in [0.25, 0.3) is 0 Å². The van der Waals surface area contributed by atoms with Crippen LogP contribution in [0.3, 0.4) is 0 Å². The number of rotatable bonds is 3. The highest BCUT2D eigenvalue weighted by molar-refractivity contribution is 5.85. The first-order valence-corrected chi connectivity index (χ1v) is 4.81. The monoisotopic (exact) mass is 239 g/mol. The Balaban J connectivity index is 0.00000128. The average Bonchev–Trinajstić information content (AvgIpc) is 2.69. The molecule has 0 amide bonds. The molecule has 86 valence electrons. The molecule has 2 aromatic rings. The molecule has 1 heterocycles. The molecule has 1 aromatic heterocycles. The Morgan fingerprint density at radius 3 is 2.38 bits per heavy atom. The summed E-state index contributed by atoms with van der Waals surface area (Å²) in [6.45, 7) is 2.42. The quantitative estimate of drug-likeness (QED) is 0.894. The van der Waals surface area contributed by atoms with Crippen molar-refractivity contribution in [2.45, 2.75) is 13.5 Å². The Kier molecular flexibility index (Phi) is 4.40. The van der Waals surface area contributed by atoms with Gasteiger partial charge in [0.2, 0.25) is 0 Å². The van der Waals surface area contributed by atoms with Gasteiger partial charge in [0.1, 0.15) is 11.5 Å². The molecule has 0 spiro atoms. The molecule has 0 radical (unpaired) electrons. The van der Waals surface area contributed by atoms with Crippen LogP contribution in [0, 0.1) is 6.92 Å². The largest absolute Gasteiger partial charge is 0.429 e. The van der Waals surface area contributed by atoms with Crippen LogP contribution >= 0.6 is 12.4 Å². The van der Waals surface area contributed by atoms with Crippen molar-refractivity contribution >= 4 is 12.4 Å². The molecular weight excluding hydrogens is 226 g/mol. The molecule has 0 saturated heterocycles. The van der Waals surface area contributed by atoms with Gasteiger partial charge in [0.05, 0.1) is 6.54 Å². The Labute approximate surface area is 101 Å². The zero-order chi connectivity index (χ0) is 10.7.